The Bertz CT molecular complexity index is 567. The molecule has 3 heterocycles. The highest BCUT2D eigenvalue weighted by Gasteiger charge is 2.07. The minimum Gasteiger partial charge on any atom is -0.349 e. The number of nitrogens with one attached hydrogen (secondary N) is 1. The minimum atomic E-state index is 0.848. The second-order valence-electron chi connectivity index (χ2n) is 3.60. The summed E-state index contributed by atoms with van der Waals surface area (Å²) in [6.45, 7) is 0.848. The highest BCUT2D eigenvalue weighted by Crippen LogP contribution is 2.17. The van der Waals surface area contributed by atoms with Crippen molar-refractivity contribution in [2.24, 2.45) is 0 Å². The number of H-pyrrole nitrogens is 1. The zero-order valence-corrected chi connectivity index (χ0v) is 9.89. The molecule has 3 aromatic rings. The fraction of sp³-hybridized carbons (Fsp3) is 0.182. The first-order valence-electron chi connectivity index (χ1n) is 5.31. The molecule has 0 radical (unpaired) electrons. The molecule has 0 bridgehead atoms. The summed E-state index contributed by atoms with van der Waals surface area (Å²) in [6.07, 6.45) is 8.24. The molecule has 0 saturated heterocycles. The first kappa shape index (κ1) is 10.2. The monoisotopic (exact) mass is 245 g/mol. The molecule has 0 aliphatic rings. The minimum absolute atomic E-state index is 0.848. The number of aromatic nitrogens is 5. The van der Waals surface area contributed by atoms with Crippen molar-refractivity contribution in [2.45, 2.75) is 13.0 Å². The molecule has 1 N–H and O–H groups in total. The molecule has 0 amide bonds. The third-order valence-corrected chi connectivity index (χ3v) is 3.11. The third-order valence-electron chi connectivity index (χ3n) is 2.52. The molecule has 0 aliphatic carbocycles. The molecule has 3 aromatic heterocycles. The number of thiazole rings is 1. The molecular weight excluding hydrogens is 234 g/mol. The molecule has 17 heavy (non-hydrogen) atoms. The van der Waals surface area contributed by atoms with E-state index in [4.69, 9.17) is 0 Å². The van der Waals surface area contributed by atoms with Gasteiger partial charge in [-0.25, -0.2) is 15.0 Å². The van der Waals surface area contributed by atoms with E-state index in [0.29, 0.717) is 0 Å². The van der Waals surface area contributed by atoms with Crippen molar-refractivity contribution in [3.8, 4) is 11.5 Å². The summed E-state index contributed by atoms with van der Waals surface area (Å²) in [4.78, 5) is 15.9. The van der Waals surface area contributed by atoms with Crippen molar-refractivity contribution >= 4 is 11.3 Å². The summed E-state index contributed by atoms with van der Waals surface area (Å²) >= 11 is 1.58. The Labute approximate surface area is 102 Å². The zero-order valence-electron chi connectivity index (χ0n) is 9.08. The average Bonchev–Trinajstić information content (AvgIpc) is 3.09. The first-order chi connectivity index (χ1) is 8.43. The van der Waals surface area contributed by atoms with Crippen LogP contribution in [0.25, 0.3) is 11.5 Å². The normalized spacial score (nSPS) is 10.8. The standard InChI is InChI=1S/C11H11N5S/c1(10-12-2-3-13-10)5-16-6-4-14-11(16)9-7-17-8-15-9/h2-4,6-8H,1,5H2,(H,12,13). The summed E-state index contributed by atoms with van der Waals surface area (Å²) in [7, 11) is 0. The average molecular weight is 245 g/mol. The van der Waals surface area contributed by atoms with Gasteiger partial charge in [-0.2, -0.15) is 0 Å². The molecule has 0 atom stereocenters. The Hall–Kier alpha value is -1.95. The van der Waals surface area contributed by atoms with Crippen molar-refractivity contribution in [2.75, 3.05) is 0 Å². The molecule has 0 unspecified atom stereocenters. The Morgan fingerprint density at radius 1 is 1.24 bits per heavy atom. The van der Waals surface area contributed by atoms with Crippen LogP contribution in [0.5, 0.6) is 0 Å². The second-order valence-corrected chi connectivity index (χ2v) is 4.32. The lowest BCUT2D eigenvalue weighted by molar-refractivity contribution is 0.681. The summed E-state index contributed by atoms with van der Waals surface area (Å²) in [5, 5.41) is 2.01. The van der Waals surface area contributed by atoms with Gasteiger partial charge < -0.3 is 9.55 Å². The van der Waals surface area contributed by atoms with Gasteiger partial charge in [-0.15, -0.1) is 11.3 Å². The van der Waals surface area contributed by atoms with E-state index in [0.717, 1.165) is 30.3 Å². The summed E-state index contributed by atoms with van der Waals surface area (Å²) in [6, 6.07) is 0. The number of aryl methyl sites for hydroxylation is 2. The molecule has 86 valence electrons. The van der Waals surface area contributed by atoms with Crippen LogP contribution >= 0.6 is 11.3 Å². The zero-order chi connectivity index (χ0) is 11.5. The Balaban J connectivity index is 1.78. The van der Waals surface area contributed by atoms with Gasteiger partial charge in [-0.1, -0.05) is 0 Å². The first-order valence-corrected chi connectivity index (χ1v) is 6.26. The van der Waals surface area contributed by atoms with E-state index < -0.39 is 0 Å². The molecule has 0 saturated carbocycles. The molecule has 5 nitrogen and oxygen atoms in total. The van der Waals surface area contributed by atoms with Gasteiger partial charge in [-0.05, 0) is 0 Å². The van der Waals surface area contributed by atoms with Gasteiger partial charge in [0.1, 0.15) is 11.5 Å². The van der Waals surface area contributed by atoms with E-state index >= 15 is 0 Å². The van der Waals surface area contributed by atoms with Crippen molar-refractivity contribution in [3.63, 3.8) is 0 Å². The van der Waals surface area contributed by atoms with Crippen LogP contribution in [0.2, 0.25) is 0 Å². The highest BCUT2D eigenvalue weighted by atomic mass is 32.1. The molecule has 0 spiro atoms. The number of hydrogen-bond donors (Lipinski definition) is 1. The van der Waals surface area contributed by atoms with Crippen molar-refractivity contribution in [1.82, 2.24) is 24.5 Å². The molecule has 0 aliphatic heterocycles. The third kappa shape index (κ3) is 2.12. The summed E-state index contributed by atoms with van der Waals surface area (Å²) in [5.41, 5.74) is 2.75. The maximum absolute atomic E-state index is 4.34. The SMILES string of the molecule is c1c[nH]c(CCn2ccnc2-c2cscn2)n1. The maximum Gasteiger partial charge on any atom is 0.159 e. The van der Waals surface area contributed by atoms with Crippen LogP contribution in [0.4, 0.5) is 0 Å². The van der Waals surface area contributed by atoms with Crippen LogP contribution in [-0.2, 0) is 13.0 Å². The van der Waals surface area contributed by atoms with Gasteiger partial charge in [0.2, 0.25) is 0 Å². The Kier molecular flexibility index (Phi) is 2.71. The maximum atomic E-state index is 4.34. The van der Waals surface area contributed by atoms with E-state index in [1.807, 2.05) is 23.3 Å². The molecule has 6 heteroatoms. The van der Waals surface area contributed by atoms with Gasteiger partial charge in [-0.3, -0.25) is 0 Å². The number of aromatic amines is 1. The lowest BCUT2D eigenvalue weighted by Gasteiger charge is -2.04. The lowest BCUT2D eigenvalue weighted by atomic mass is 10.4. The fourth-order valence-electron chi connectivity index (χ4n) is 1.71. The van der Waals surface area contributed by atoms with Gasteiger partial charge in [0.25, 0.3) is 0 Å². The lowest BCUT2D eigenvalue weighted by Crippen LogP contribution is -2.03. The number of imidazole rings is 2. The topological polar surface area (TPSA) is 59.4 Å². The van der Waals surface area contributed by atoms with E-state index in [1.54, 1.807) is 23.7 Å². The van der Waals surface area contributed by atoms with Crippen LogP contribution in [0.15, 0.2) is 35.7 Å². The van der Waals surface area contributed by atoms with E-state index in [1.165, 1.54) is 0 Å². The van der Waals surface area contributed by atoms with E-state index in [9.17, 15) is 0 Å². The smallest absolute Gasteiger partial charge is 0.159 e. The number of rotatable bonds is 4. The van der Waals surface area contributed by atoms with Crippen molar-refractivity contribution in [3.05, 3.63) is 41.5 Å². The predicted octanol–water partition coefficient (Wildman–Crippen LogP) is 1.97. The molecule has 3 rings (SSSR count). The number of hydrogen-bond acceptors (Lipinski definition) is 4. The van der Waals surface area contributed by atoms with Crippen LogP contribution in [0.1, 0.15) is 5.82 Å². The van der Waals surface area contributed by atoms with Gasteiger partial charge in [0.05, 0.1) is 5.51 Å². The van der Waals surface area contributed by atoms with Crippen molar-refractivity contribution in [1.29, 1.82) is 0 Å². The summed E-state index contributed by atoms with van der Waals surface area (Å²) < 4.78 is 2.09. The molecular formula is C11H11N5S. The Morgan fingerprint density at radius 2 is 2.24 bits per heavy atom. The van der Waals surface area contributed by atoms with Crippen LogP contribution in [-0.4, -0.2) is 24.5 Å². The van der Waals surface area contributed by atoms with E-state index in [-0.39, 0.29) is 0 Å². The van der Waals surface area contributed by atoms with Gasteiger partial charge in [0, 0.05) is 43.1 Å². The largest absolute Gasteiger partial charge is 0.349 e. The molecule has 0 aromatic carbocycles. The summed E-state index contributed by atoms with van der Waals surface area (Å²) in [5.74, 6) is 1.90. The van der Waals surface area contributed by atoms with Gasteiger partial charge >= 0.3 is 0 Å². The van der Waals surface area contributed by atoms with Gasteiger partial charge in [0.15, 0.2) is 5.82 Å². The van der Waals surface area contributed by atoms with Crippen molar-refractivity contribution < 1.29 is 0 Å². The quantitative estimate of drug-likeness (QED) is 0.764. The molecule has 0 fully saturated rings. The fourth-order valence-corrected chi connectivity index (χ4v) is 2.24. The second kappa shape index (κ2) is 4.50. The van der Waals surface area contributed by atoms with E-state index in [2.05, 4.69) is 24.5 Å². The highest BCUT2D eigenvalue weighted by molar-refractivity contribution is 7.07. The van der Waals surface area contributed by atoms with Crippen LogP contribution in [0.3, 0.4) is 0 Å². The Morgan fingerprint density at radius 3 is 3.00 bits per heavy atom. The van der Waals surface area contributed by atoms with Crippen LogP contribution < -0.4 is 0 Å². The van der Waals surface area contributed by atoms with Crippen LogP contribution in [0, 0.1) is 0 Å². The number of nitrogens with zero attached hydrogens (tertiary/aromatic N) is 4. The predicted molar refractivity (Wildman–Crippen MR) is 65.6 cm³/mol.